The van der Waals surface area contributed by atoms with Crippen molar-refractivity contribution in [3.8, 4) is 17.2 Å². The molecule has 0 unspecified atom stereocenters. The Balaban J connectivity index is 1.50. The lowest BCUT2D eigenvalue weighted by Gasteiger charge is -2.29. The Hall–Kier alpha value is -2.60. The maximum absolute atomic E-state index is 11.0. The van der Waals surface area contributed by atoms with E-state index in [9.17, 15) is 10.1 Å². The van der Waals surface area contributed by atoms with Gasteiger partial charge in [-0.15, -0.1) is 0 Å². The number of ether oxygens (including phenoxy) is 2. The second kappa shape index (κ2) is 8.67. The van der Waals surface area contributed by atoms with E-state index in [2.05, 4.69) is 11.8 Å². The average Bonchev–Trinajstić information content (AvgIpc) is 2.65. The fourth-order valence-corrected chi connectivity index (χ4v) is 3.00. The summed E-state index contributed by atoms with van der Waals surface area (Å²) < 4.78 is 11.4. The molecule has 1 fully saturated rings. The Morgan fingerprint density at radius 1 is 1.08 bits per heavy atom. The van der Waals surface area contributed by atoms with E-state index in [0.717, 1.165) is 31.3 Å². The predicted octanol–water partition coefficient (Wildman–Crippen LogP) is 4.50. The summed E-state index contributed by atoms with van der Waals surface area (Å²) in [5.41, 5.74) is -0.0522. The summed E-state index contributed by atoms with van der Waals surface area (Å²) in [5.74, 6) is 2.37. The van der Waals surface area contributed by atoms with Gasteiger partial charge in [-0.1, -0.05) is 19.1 Å². The Morgan fingerprint density at radius 3 is 2.42 bits per heavy atom. The number of nitro benzene ring substituents is 1. The van der Waals surface area contributed by atoms with E-state index in [1.54, 1.807) is 30.3 Å². The van der Waals surface area contributed by atoms with Crippen molar-refractivity contribution < 1.29 is 14.4 Å². The number of nitro groups is 1. The van der Waals surface area contributed by atoms with Crippen molar-refractivity contribution in [2.24, 2.45) is 5.92 Å². The third-order valence-corrected chi connectivity index (χ3v) is 4.67. The monoisotopic (exact) mass is 356 g/mol. The van der Waals surface area contributed by atoms with Crippen LogP contribution in [0.2, 0.25) is 0 Å². The zero-order chi connectivity index (χ0) is 18.4. The number of nitrogens with zero attached hydrogens (tertiary/aromatic N) is 2. The molecule has 0 aliphatic carbocycles. The summed E-state index contributed by atoms with van der Waals surface area (Å²) in [7, 11) is 0. The fourth-order valence-electron chi connectivity index (χ4n) is 3.00. The molecular formula is C20H24N2O4. The topological polar surface area (TPSA) is 64.8 Å². The molecule has 0 amide bonds. The normalized spacial score (nSPS) is 15.6. The van der Waals surface area contributed by atoms with Crippen molar-refractivity contribution in [2.45, 2.75) is 19.8 Å². The first-order chi connectivity index (χ1) is 12.6. The lowest BCUT2D eigenvalue weighted by atomic mass is 9.99. The first-order valence-electron chi connectivity index (χ1n) is 8.98. The largest absolute Gasteiger partial charge is 0.492 e. The van der Waals surface area contributed by atoms with Crippen LogP contribution in [0.25, 0.3) is 0 Å². The molecule has 6 nitrogen and oxygen atoms in total. The molecule has 2 aromatic carbocycles. The molecule has 1 saturated heterocycles. The number of para-hydroxylation sites is 2. The molecule has 0 N–H and O–H groups in total. The van der Waals surface area contributed by atoms with Crippen molar-refractivity contribution in [1.29, 1.82) is 0 Å². The standard InChI is InChI=1S/C20H24N2O4/c1-16-10-12-21(13-11-16)14-15-25-17-6-8-18(9-7-17)26-20-5-3-2-4-19(20)22(23)24/h2-9,16H,10-15H2,1H3. The third kappa shape index (κ3) is 4.95. The van der Waals surface area contributed by atoms with E-state index in [4.69, 9.17) is 9.47 Å². The highest BCUT2D eigenvalue weighted by atomic mass is 16.6. The predicted molar refractivity (Wildman–Crippen MR) is 99.9 cm³/mol. The summed E-state index contributed by atoms with van der Waals surface area (Å²) >= 11 is 0. The molecule has 3 rings (SSSR count). The zero-order valence-corrected chi connectivity index (χ0v) is 15.0. The third-order valence-electron chi connectivity index (χ3n) is 4.67. The van der Waals surface area contributed by atoms with Gasteiger partial charge in [0.2, 0.25) is 5.75 Å². The molecule has 0 spiro atoms. The van der Waals surface area contributed by atoms with Gasteiger partial charge >= 0.3 is 5.69 Å². The number of likely N-dealkylation sites (tertiary alicyclic amines) is 1. The minimum atomic E-state index is -0.450. The number of hydrogen-bond acceptors (Lipinski definition) is 5. The first kappa shape index (κ1) is 18.2. The Morgan fingerprint density at radius 2 is 1.73 bits per heavy atom. The number of benzene rings is 2. The molecule has 0 radical (unpaired) electrons. The fraction of sp³-hybridized carbons (Fsp3) is 0.400. The van der Waals surface area contributed by atoms with Gasteiger partial charge in [-0.25, -0.2) is 0 Å². The number of hydrogen-bond donors (Lipinski definition) is 0. The second-order valence-electron chi connectivity index (χ2n) is 6.67. The summed E-state index contributed by atoms with van der Waals surface area (Å²) in [6, 6.07) is 13.5. The van der Waals surface area contributed by atoms with Gasteiger partial charge in [0.05, 0.1) is 4.92 Å². The van der Waals surface area contributed by atoms with E-state index in [1.807, 2.05) is 12.1 Å². The quantitative estimate of drug-likeness (QED) is 0.540. The van der Waals surface area contributed by atoms with Crippen LogP contribution in [0, 0.1) is 16.0 Å². The van der Waals surface area contributed by atoms with Gasteiger partial charge in [0.25, 0.3) is 0 Å². The van der Waals surface area contributed by atoms with Crippen LogP contribution in [0.3, 0.4) is 0 Å². The molecule has 2 aromatic rings. The Labute approximate surface area is 153 Å². The van der Waals surface area contributed by atoms with Gasteiger partial charge in [0.15, 0.2) is 0 Å². The highest BCUT2D eigenvalue weighted by molar-refractivity contribution is 5.48. The highest BCUT2D eigenvalue weighted by Gasteiger charge is 2.16. The van der Waals surface area contributed by atoms with Gasteiger partial charge in [-0.05, 0) is 62.2 Å². The second-order valence-corrected chi connectivity index (χ2v) is 6.67. The molecule has 138 valence electrons. The van der Waals surface area contributed by atoms with Crippen LogP contribution in [0.5, 0.6) is 17.2 Å². The van der Waals surface area contributed by atoms with Crippen LogP contribution in [0.15, 0.2) is 48.5 Å². The van der Waals surface area contributed by atoms with Crippen LogP contribution in [-0.4, -0.2) is 36.1 Å². The van der Waals surface area contributed by atoms with Crippen molar-refractivity contribution in [3.63, 3.8) is 0 Å². The van der Waals surface area contributed by atoms with Crippen LogP contribution in [0.1, 0.15) is 19.8 Å². The SMILES string of the molecule is CC1CCN(CCOc2ccc(Oc3ccccc3[N+](=O)[O-])cc2)CC1. The molecule has 1 aliphatic heterocycles. The van der Waals surface area contributed by atoms with Crippen LogP contribution in [0.4, 0.5) is 5.69 Å². The summed E-state index contributed by atoms with van der Waals surface area (Å²) in [6.07, 6.45) is 2.52. The van der Waals surface area contributed by atoms with Crippen LogP contribution < -0.4 is 9.47 Å². The molecule has 0 saturated carbocycles. The van der Waals surface area contributed by atoms with Gasteiger partial charge in [0.1, 0.15) is 18.1 Å². The van der Waals surface area contributed by atoms with Gasteiger partial charge < -0.3 is 9.47 Å². The van der Waals surface area contributed by atoms with Gasteiger partial charge in [-0.2, -0.15) is 0 Å². The highest BCUT2D eigenvalue weighted by Crippen LogP contribution is 2.31. The molecule has 0 atom stereocenters. The van der Waals surface area contributed by atoms with Crippen molar-refractivity contribution >= 4 is 5.69 Å². The van der Waals surface area contributed by atoms with Crippen molar-refractivity contribution in [1.82, 2.24) is 4.90 Å². The molecule has 26 heavy (non-hydrogen) atoms. The molecule has 1 aliphatic rings. The lowest BCUT2D eigenvalue weighted by molar-refractivity contribution is -0.385. The van der Waals surface area contributed by atoms with E-state index in [-0.39, 0.29) is 11.4 Å². The van der Waals surface area contributed by atoms with E-state index < -0.39 is 4.92 Å². The minimum absolute atomic E-state index is 0.0522. The minimum Gasteiger partial charge on any atom is -0.492 e. The molecule has 1 heterocycles. The zero-order valence-electron chi connectivity index (χ0n) is 15.0. The van der Waals surface area contributed by atoms with E-state index >= 15 is 0 Å². The van der Waals surface area contributed by atoms with E-state index in [1.165, 1.54) is 18.9 Å². The average molecular weight is 356 g/mol. The van der Waals surface area contributed by atoms with Crippen LogP contribution in [-0.2, 0) is 0 Å². The Bertz CT molecular complexity index is 725. The summed E-state index contributed by atoms with van der Waals surface area (Å²) in [5, 5.41) is 11.0. The first-order valence-corrected chi connectivity index (χ1v) is 8.98. The molecule has 0 aromatic heterocycles. The number of piperidine rings is 1. The number of rotatable bonds is 7. The molecular weight excluding hydrogens is 332 g/mol. The maximum atomic E-state index is 11.0. The maximum Gasteiger partial charge on any atom is 0.311 e. The van der Waals surface area contributed by atoms with Crippen LogP contribution >= 0.6 is 0 Å². The van der Waals surface area contributed by atoms with Crippen molar-refractivity contribution in [2.75, 3.05) is 26.2 Å². The van der Waals surface area contributed by atoms with E-state index in [0.29, 0.717) is 12.4 Å². The lowest BCUT2D eigenvalue weighted by Crippen LogP contribution is -2.35. The molecule has 6 heteroatoms. The van der Waals surface area contributed by atoms with Crippen molar-refractivity contribution in [3.05, 3.63) is 58.6 Å². The molecule has 0 bridgehead atoms. The summed E-state index contributed by atoms with van der Waals surface area (Å²) in [4.78, 5) is 13.0. The van der Waals surface area contributed by atoms with Gasteiger partial charge in [-0.3, -0.25) is 15.0 Å². The van der Waals surface area contributed by atoms with Gasteiger partial charge in [0, 0.05) is 12.6 Å². The Kier molecular flexibility index (Phi) is 6.07. The smallest absolute Gasteiger partial charge is 0.311 e. The summed E-state index contributed by atoms with van der Waals surface area (Å²) in [6.45, 7) is 6.18.